The number of nitrogens with zero attached hydrogens (tertiary/aromatic N) is 3. The van der Waals surface area contributed by atoms with Crippen LogP contribution < -0.4 is 4.74 Å². The van der Waals surface area contributed by atoms with Gasteiger partial charge in [-0.15, -0.1) is 0 Å². The second-order valence-corrected chi connectivity index (χ2v) is 5.71. The Morgan fingerprint density at radius 3 is 3.00 bits per heavy atom. The number of hydrogen-bond donors (Lipinski definition) is 1. The lowest BCUT2D eigenvalue weighted by Gasteiger charge is -2.11. The summed E-state index contributed by atoms with van der Waals surface area (Å²) >= 11 is 0. The Hall–Kier alpha value is -2.68. The number of Topliss-reactive ketones (excluding diaryl/α,β-unsaturated/α-hetero) is 1. The zero-order valence-corrected chi connectivity index (χ0v) is 13.0. The lowest BCUT2D eigenvalue weighted by atomic mass is 10.2. The zero-order chi connectivity index (χ0) is 16.2. The molecule has 0 saturated heterocycles. The normalized spacial score (nSPS) is 15.7. The van der Waals surface area contributed by atoms with Crippen molar-refractivity contribution < 1.29 is 9.53 Å². The number of hydrogen-bond acceptors (Lipinski definition) is 4. The maximum Gasteiger partial charge on any atom is 0.233 e. The van der Waals surface area contributed by atoms with E-state index in [1.165, 1.54) is 19.8 Å². The predicted molar refractivity (Wildman–Crippen MR) is 85.8 cm³/mol. The van der Waals surface area contributed by atoms with Crippen LogP contribution in [0.15, 0.2) is 24.2 Å². The third-order valence-corrected chi connectivity index (χ3v) is 4.02. The Balaban J connectivity index is 1.83. The van der Waals surface area contributed by atoms with Crippen LogP contribution in [0.25, 0.3) is 16.0 Å². The van der Waals surface area contributed by atoms with E-state index in [1.54, 1.807) is 12.3 Å². The van der Waals surface area contributed by atoms with Crippen LogP contribution in [-0.2, 0) is 11.2 Å². The number of aromatic nitrogens is 3. The lowest BCUT2D eigenvalue weighted by molar-refractivity contribution is -0.113. The van der Waals surface area contributed by atoms with Gasteiger partial charge in [0.25, 0.3) is 0 Å². The van der Waals surface area contributed by atoms with Gasteiger partial charge in [-0.1, -0.05) is 6.08 Å². The lowest BCUT2D eigenvalue weighted by Crippen LogP contribution is -2.12. The number of fused-ring (bicyclic) bond motifs is 1. The fourth-order valence-corrected chi connectivity index (χ4v) is 2.79. The standard InChI is InChI=1S/C17H18N4O2/c1-11(22)14(18-2)8-7-12-9-19-17-16(12)21-15(10-20-17)23-13-5-3-4-6-13/h8-10,13H,3-7H2,1H3,(H,19,20)/b14-8-. The van der Waals surface area contributed by atoms with E-state index >= 15 is 0 Å². The number of nitrogens with one attached hydrogen (secondary N) is 1. The molecule has 2 heterocycles. The number of H-pyrrole nitrogens is 1. The molecule has 0 radical (unpaired) electrons. The van der Waals surface area contributed by atoms with Crippen molar-refractivity contribution in [2.75, 3.05) is 0 Å². The van der Waals surface area contributed by atoms with Crippen LogP contribution in [0.2, 0.25) is 0 Å². The van der Waals surface area contributed by atoms with Gasteiger partial charge in [-0.25, -0.2) is 14.8 Å². The molecular formula is C17H18N4O2. The van der Waals surface area contributed by atoms with E-state index in [0.717, 1.165) is 23.9 Å². The molecule has 2 aromatic heterocycles. The summed E-state index contributed by atoms with van der Waals surface area (Å²) in [5, 5.41) is 0. The molecule has 1 fully saturated rings. The Labute approximate surface area is 134 Å². The van der Waals surface area contributed by atoms with Gasteiger partial charge in [-0.05, 0) is 39.0 Å². The summed E-state index contributed by atoms with van der Waals surface area (Å²) in [5.74, 6) is 0.308. The number of ether oxygens (including phenoxy) is 1. The first kappa shape index (κ1) is 15.2. The maximum atomic E-state index is 11.3. The average Bonchev–Trinajstić information content (AvgIpc) is 3.17. The van der Waals surface area contributed by atoms with Gasteiger partial charge >= 0.3 is 0 Å². The number of carbonyl (C=O) groups is 1. The summed E-state index contributed by atoms with van der Waals surface area (Å²) in [5.41, 5.74) is 2.45. The molecule has 118 valence electrons. The summed E-state index contributed by atoms with van der Waals surface area (Å²) in [6.07, 6.45) is 10.3. The van der Waals surface area contributed by atoms with E-state index in [9.17, 15) is 4.79 Å². The SMILES string of the molecule is [C-]#[N+]/C(=C\Cc1c[nH]c2ncc(OC3CCCC3)nc12)C(C)=O. The van der Waals surface area contributed by atoms with Crippen molar-refractivity contribution in [2.24, 2.45) is 0 Å². The molecule has 6 heteroatoms. The molecule has 1 saturated carbocycles. The minimum atomic E-state index is -0.226. The third kappa shape index (κ3) is 3.39. The second kappa shape index (κ2) is 6.61. The molecule has 0 bridgehead atoms. The van der Waals surface area contributed by atoms with E-state index in [4.69, 9.17) is 11.3 Å². The molecule has 6 nitrogen and oxygen atoms in total. The number of ketones is 1. The summed E-state index contributed by atoms with van der Waals surface area (Å²) in [6.45, 7) is 8.42. The highest BCUT2D eigenvalue weighted by Gasteiger charge is 2.18. The van der Waals surface area contributed by atoms with Gasteiger partial charge in [-0.2, -0.15) is 0 Å². The quantitative estimate of drug-likeness (QED) is 0.680. The second-order valence-electron chi connectivity index (χ2n) is 5.71. The molecule has 0 unspecified atom stereocenters. The van der Waals surface area contributed by atoms with Gasteiger partial charge in [0.2, 0.25) is 11.6 Å². The highest BCUT2D eigenvalue weighted by atomic mass is 16.5. The van der Waals surface area contributed by atoms with Crippen molar-refractivity contribution >= 4 is 16.9 Å². The third-order valence-electron chi connectivity index (χ3n) is 4.02. The van der Waals surface area contributed by atoms with Crippen molar-refractivity contribution in [2.45, 2.75) is 45.1 Å². The van der Waals surface area contributed by atoms with Crippen molar-refractivity contribution in [1.29, 1.82) is 0 Å². The molecule has 0 aromatic carbocycles. The van der Waals surface area contributed by atoms with Crippen LogP contribution in [0.4, 0.5) is 0 Å². The van der Waals surface area contributed by atoms with E-state index in [1.807, 2.05) is 6.20 Å². The minimum absolute atomic E-state index is 0.144. The molecular weight excluding hydrogens is 292 g/mol. The van der Waals surface area contributed by atoms with Crippen LogP contribution in [0, 0.1) is 6.57 Å². The first-order chi connectivity index (χ1) is 11.2. The van der Waals surface area contributed by atoms with E-state index in [0.29, 0.717) is 17.9 Å². The highest BCUT2D eigenvalue weighted by Crippen LogP contribution is 2.24. The molecule has 2 aromatic rings. The van der Waals surface area contributed by atoms with E-state index in [-0.39, 0.29) is 17.6 Å². The molecule has 0 aliphatic heterocycles. The Morgan fingerprint density at radius 2 is 2.30 bits per heavy atom. The van der Waals surface area contributed by atoms with Crippen LogP contribution in [0.1, 0.15) is 38.2 Å². The summed E-state index contributed by atoms with van der Waals surface area (Å²) < 4.78 is 5.89. The van der Waals surface area contributed by atoms with E-state index < -0.39 is 0 Å². The Morgan fingerprint density at radius 1 is 1.52 bits per heavy atom. The van der Waals surface area contributed by atoms with Gasteiger partial charge < -0.3 is 14.5 Å². The van der Waals surface area contributed by atoms with Gasteiger partial charge in [-0.3, -0.25) is 0 Å². The van der Waals surface area contributed by atoms with Crippen LogP contribution in [0.3, 0.4) is 0 Å². The van der Waals surface area contributed by atoms with Crippen molar-refractivity contribution in [3.8, 4) is 5.88 Å². The van der Waals surface area contributed by atoms with Crippen molar-refractivity contribution in [3.63, 3.8) is 0 Å². The van der Waals surface area contributed by atoms with Crippen LogP contribution >= 0.6 is 0 Å². The molecule has 1 aliphatic rings. The number of rotatable bonds is 5. The zero-order valence-electron chi connectivity index (χ0n) is 13.0. The van der Waals surface area contributed by atoms with Gasteiger partial charge in [0, 0.05) is 11.8 Å². The smallest absolute Gasteiger partial charge is 0.233 e. The van der Waals surface area contributed by atoms with Gasteiger partial charge in [0.05, 0.1) is 12.8 Å². The van der Waals surface area contributed by atoms with E-state index in [2.05, 4.69) is 19.8 Å². The molecule has 0 spiro atoms. The largest absolute Gasteiger partial charge is 0.473 e. The molecule has 23 heavy (non-hydrogen) atoms. The Bertz CT molecular complexity index is 795. The molecule has 1 N–H and O–H groups in total. The van der Waals surface area contributed by atoms with Gasteiger partial charge in [0.15, 0.2) is 11.4 Å². The summed E-state index contributed by atoms with van der Waals surface area (Å²) in [7, 11) is 0. The fourth-order valence-electron chi connectivity index (χ4n) is 2.79. The number of allylic oxidation sites excluding steroid dienone is 2. The molecule has 0 amide bonds. The van der Waals surface area contributed by atoms with Crippen LogP contribution in [0.5, 0.6) is 5.88 Å². The van der Waals surface area contributed by atoms with Crippen molar-refractivity contribution in [1.82, 2.24) is 15.0 Å². The first-order valence-corrected chi connectivity index (χ1v) is 7.75. The Kier molecular flexibility index (Phi) is 4.38. The first-order valence-electron chi connectivity index (χ1n) is 7.75. The fraction of sp³-hybridized carbons (Fsp3) is 0.412. The highest BCUT2D eigenvalue weighted by molar-refractivity contribution is 5.95. The number of carbonyl (C=O) groups excluding carboxylic acids is 1. The molecule has 0 atom stereocenters. The molecule has 3 rings (SSSR count). The maximum absolute atomic E-state index is 11.3. The summed E-state index contributed by atoms with van der Waals surface area (Å²) in [6, 6.07) is 0. The monoisotopic (exact) mass is 310 g/mol. The van der Waals surface area contributed by atoms with Crippen molar-refractivity contribution in [3.05, 3.63) is 41.1 Å². The minimum Gasteiger partial charge on any atom is -0.473 e. The van der Waals surface area contributed by atoms with Crippen LogP contribution in [-0.4, -0.2) is 26.8 Å². The molecule has 1 aliphatic carbocycles. The topological polar surface area (TPSA) is 72.2 Å². The predicted octanol–water partition coefficient (Wildman–Crippen LogP) is 3.21. The van der Waals surface area contributed by atoms with Gasteiger partial charge in [0.1, 0.15) is 11.6 Å². The summed E-state index contributed by atoms with van der Waals surface area (Å²) in [4.78, 5) is 26.5. The number of aromatic amines is 1. The average molecular weight is 310 g/mol.